The molecule has 0 aromatic heterocycles. The molecule has 0 bridgehead atoms. The fourth-order valence-corrected chi connectivity index (χ4v) is 2.45. The van der Waals surface area contributed by atoms with Gasteiger partial charge in [0.1, 0.15) is 5.75 Å². The van der Waals surface area contributed by atoms with Crippen LogP contribution in [0.2, 0.25) is 0 Å². The molecule has 1 aliphatic rings. The van der Waals surface area contributed by atoms with Crippen molar-refractivity contribution in [2.45, 2.75) is 46.0 Å². The van der Waals surface area contributed by atoms with Gasteiger partial charge in [-0.25, -0.2) is 0 Å². The lowest BCUT2D eigenvalue weighted by Gasteiger charge is -2.22. The third-order valence-corrected chi connectivity index (χ3v) is 3.34. The normalized spacial score (nSPS) is 17.4. The van der Waals surface area contributed by atoms with Gasteiger partial charge in [-0.05, 0) is 43.9 Å². The first kappa shape index (κ1) is 11.5. The molecule has 0 spiro atoms. The Morgan fingerprint density at radius 3 is 2.50 bits per heavy atom. The quantitative estimate of drug-likeness (QED) is 0.734. The Balaban J connectivity index is 2.13. The topological polar surface area (TPSA) is 9.23 Å². The molecule has 1 radical (unpaired) electrons. The summed E-state index contributed by atoms with van der Waals surface area (Å²) in [7, 11) is 0. The number of benzene rings is 1. The SMILES string of the molecule is CCOc1ccc([C]2CCCCC2)cc1C. The molecular weight excluding hydrogens is 196 g/mol. The van der Waals surface area contributed by atoms with E-state index in [0.717, 1.165) is 12.4 Å². The molecule has 0 unspecified atom stereocenters. The molecule has 1 saturated carbocycles. The molecule has 1 aromatic rings. The third kappa shape index (κ3) is 2.58. The van der Waals surface area contributed by atoms with E-state index in [1.807, 2.05) is 6.92 Å². The van der Waals surface area contributed by atoms with Crippen LogP contribution in [0.5, 0.6) is 5.75 Å². The Morgan fingerprint density at radius 2 is 1.88 bits per heavy atom. The zero-order chi connectivity index (χ0) is 11.4. The number of rotatable bonds is 3. The first-order valence-electron chi connectivity index (χ1n) is 6.40. The van der Waals surface area contributed by atoms with E-state index in [-0.39, 0.29) is 0 Å². The van der Waals surface area contributed by atoms with Crippen LogP contribution in [0.3, 0.4) is 0 Å². The Labute approximate surface area is 98.8 Å². The minimum absolute atomic E-state index is 0.747. The van der Waals surface area contributed by atoms with Crippen molar-refractivity contribution in [3.63, 3.8) is 0 Å². The average molecular weight is 217 g/mol. The average Bonchev–Trinajstić information content (AvgIpc) is 2.33. The van der Waals surface area contributed by atoms with Crippen LogP contribution in [-0.2, 0) is 0 Å². The highest BCUT2D eigenvalue weighted by Crippen LogP contribution is 2.33. The van der Waals surface area contributed by atoms with Gasteiger partial charge in [-0.15, -0.1) is 0 Å². The summed E-state index contributed by atoms with van der Waals surface area (Å²) in [5, 5.41) is 0. The second-order valence-electron chi connectivity index (χ2n) is 4.58. The van der Waals surface area contributed by atoms with Crippen molar-refractivity contribution in [2.75, 3.05) is 6.61 Å². The standard InChI is InChI=1S/C15H21O/c1-3-16-15-10-9-14(11-12(15)2)13-7-5-4-6-8-13/h9-11H,3-8H2,1-2H3. The number of ether oxygens (including phenoxy) is 1. The van der Waals surface area contributed by atoms with Crippen molar-refractivity contribution in [1.82, 2.24) is 0 Å². The fraction of sp³-hybridized carbons (Fsp3) is 0.533. The van der Waals surface area contributed by atoms with E-state index in [9.17, 15) is 0 Å². The molecule has 16 heavy (non-hydrogen) atoms. The van der Waals surface area contributed by atoms with Crippen molar-refractivity contribution in [3.8, 4) is 5.75 Å². The van der Waals surface area contributed by atoms with Gasteiger partial charge < -0.3 is 4.74 Å². The van der Waals surface area contributed by atoms with E-state index in [0.29, 0.717) is 0 Å². The van der Waals surface area contributed by atoms with Crippen LogP contribution in [0, 0.1) is 12.8 Å². The largest absolute Gasteiger partial charge is 0.494 e. The summed E-state index contributed by atoms with van der Waals surface area (Å²) in [6, 6.07) is 6.63. The molecule has 2 rings (SSSR count). The number of hydrogen-bond acceptors (Lipinski definition) is 1. The van der Waals surface area contributed by atoms with Crippen molar-refractivity contribution in [1.29, 1.82) is 0 Å². The Bertz CT molecular complexity index is 337. The van der Waals surface area contributed by atoms with E-state index < -0.39 is 0 Å². The van der Waals surface area contributed by atoms with Crippen LogP contribution in [0.1, 0.15) is 50.2 Å². The summed E-state index contributed by atoms with van der Waals surface area (Å²) in [6.45, 7) is 4.91. The van der Waals surface area contributed by atoms with Gasteiger partial charge in [-0.1, -0.05) is 31.4 Å². The molecule has 0 atom stereocenters. The Kier molecular flexibility index (Phi) is 3.87. The molecule has 1 aliphatic carbocycles. The van der Waals surface area contributed by atoms with Crippen molar-refractivity contribution < 1.29 is 4.74 Å². The van der Waals surface area contributed by atoms with Gasteiger partial charge in [0.05, 0.1) is 6.61 Å². The fourth-order valence-electron chi connectivity index (χ4n) is 2.45. The minimum Gasteiger partial charge on any atom is -0.494 e. The monoisotopic (exact) mass is 217 g/mol. The molecular formula is C15H21O. The van der Waals surface area contributed by atoms with E-state index >= 15 is 0 Å². The maximum atomic E-state index is 5.57. The van der Waals surface area contributed by atoms with Crippen molar-refractivity contribution in [2.24, 2.45) is 0 Å². The van der Waals surface area contributed by atoms with Crippen LogP contribution in [0.15, 0.2) is 18.2 Å². The Morgan fingerprint density at radius 1 is 1.12 bits per heavy atom. The molecule has 1 nitrogen and oxygen atoms in total. The maximum absolute atomic E-state index is 5.57. The first-order chi connectivity index (χ1) is 7.81. The highest BCUT2D eigenvalue weighted by Gasteiger charge is 2.16. The molecule has 0 N–H and O–H groups in total. The van der Waals surface area contributed by atoms with E-state index in [1.165, 1.54) is 43.2 Å². The van der Waals surface area contributed by atoms with Gasteiger partial charge in [-0.3, -0.25) is 0 Å². The third-order valence-electron chi connectivity index (χ3n) is 3.34. The maximum Gasteiger partial charge on any atom is 0.122 e. The molecule has 0 aliphatic heterocycles. The predicted molar refractivity (Wildman–Crippen MR) is 67.8 cm³/mol. The van der Waals surface area contributed by atoms with Crippen LogP contribution < -0.4 is 4.74 Å². The predicted octanol–water partition coefficient (Wildman–Crippen LogP) is 4.28. The molecule has 1 aromatic carbocycles. The molecule has 0 amide bonds. The molecule has 1 fully saturated rings. The molecule has 1 heteroatoms. The second kappa shape index (κ2) is 5.38. The Hall–Kier alpha value is -0.980. The van der Waals surface area contributed by atoms with Crippen molar-refractivity contribution >= 4 is 0 Å². The number of hydrogen-bond donors (Lipinski definition) is 0. The summed E-state index contributed by atoms with van der Waals surface area (Å²) in [4.78, 5) is 0. The summed E-state index contributed by atoms with van der Waals surface area (Å²) in [5.41, 5.74) is 2.69. The smallest absolute Gasteiger partial charge is 0.122 e. The summed E-state index contributed by atoms with van der Waals surface area (Å²) in [5.74, 6) is 2.67. The van der Waals surface area contributed by atoms with Gasteiger partial charge in [0.2, 0.25) is 0 Å². The summed E-state index contributed by atoms with van der Waals surface area (Å²) in [6.07, 6.45) is 6.70. The zero-order valence-corrected chi connectivity index (χ0v) is 10.4. The van der Waals surface area contributed by atoms with Gasteiger partial charge in [-0.2, -0.15) is 0 Å². The van der Waals surface area contributed by atoms with E-state index in [1.54, 1.807) is 5.92 Å². The van der Waals surface area contributed by atoms with Crippen LogP contribution in [-0.4, -0.2) is 6.61 Å². The second-order valence-corrected chi connectivity index (χ2v) is 4.58. The minimum atomic E-state index is 0.747. The lowest BCUT2D eigenvalue weighted by molar-refractivity contribution is 0.338. The van der Waals surface area contributed by atoms with Gasteiger partial charge in [0.25, 0.3) is 0 Å². The molecule has 0 saturated heterocycles. The molecule has 0 heterocycles. The van der Waals surface area contributed by atoms with E-state index in [4.69, 9.17) is 4.74 Å². The first-order valence-corrected chi connectivity index (χ1v) is 6.40. The lowest BCUT2D eigenvalue weighted by atomic mass is 9.83. The van der Waals surface area contributed by atoms with Gasteiger partial charge in [0.15, 0.2) is 0 Å². The van der Waals surface area contributed by atoms with E-state index in [2.05, 4.69) is 25.1 Å². The van der Waals surface area contributed by atoms with Crippen LogP contribution in [0.4, 0.5) is 0 Å². The highest BCUT2D eigenvalue weighted by molar-refractivity contribution is 5.42. The highest BCUT2D eigenvalue weighted by atomic mass is 16.5. The lowest BCUT2D eigenvalue weighted by Crippen LogP contribution is -2.06. The van der Waals surface area contributed by atoms with Crippen LogP contribution >= 0.6 is 0 Å². The van der Waals surface area contributed by atoms with Gasteiger partial charge in [0, 0.05) is 5.92 Å². The van der Waals surface area contributed by atoms with Crippen LogP contribution in [0.25, 0.3) is 0 Å². The number of aryl methyl sites for hydroxylation is 1. The summed E-state index contributed by atoms with van der Waals surface area (Å²) < 4.78 is 5.57. The van der Waals surface area contributed by atoms with Gasteiger partial charge >= 0.3 is 0 Å². The van der Waals surface area contributed by atoms with Crippen molar-refractivity contribution in [3.05, 3.63) is 35.2 Å². The zero-order valence-electron chi connectivity index (χ0n) is 10.4. The summed E-state index contributed by atoms with van der Waals surface area (Å²) >= 11 is 0. The molecule has 87 valence electrons.